The summed E-state index contributed by atoms with van der Waals surface area (Å²) in [5.41, 5.74) is 1.86. The van der Waals surface area contributed by atoms with Crippen molar-refractivity contribution in [3.8, 4) is 5.75 Å². The lowest BCUT2D eigenvalue weighted by molar-refractivity contribution is 0.405. The Hall–Kier alpha value is -2.37. The number of methoxy groups -OCH3 is 1. The van der Waals surface area contributed by atoms with Crippen LogP contribution in [0.5, 0.6) is 5.75 Å². The van der Waals surface area contributed by atoms with Gasteiger partial charge in [0.1, 0.15) is 5.75 Å². The molecule has 0 aliphatic rings. The summed E-state index contributed by atoms with van der Waals surface area (Å²) in [6.45, 7) is 3.78. The summed E-state index contributed by atoms with van der Waals surface area (Å²) in [7, 11) is -2.06. The number of hydrogen-bond donors (Lipinski definition) is 1. The summed E-state index contributed by atoms with van der Waals surface area (Å²) in [6, 6.07) is 18.1. The highest BCUT2D eigenvalue weighted by Crippen LogP contribution is 2.28. The molecule has 3 rings (SSSR count). The fourth-order valence-corrected chi connectivity index (χ4v) is 4.15. The second kappa shape index (κ2) is 6.86. The van der Waals surface area contributed by atoms with Crippen molar-refractivity contribution in [1.82, 2.24) is 4.72 Å². The highest BCUT2D eigenvalue weighted by molar-refractivity contribution is 7.89. The molecule has 25 heavy (non-hydrogen) atoms. The van der Waals surface area contributed by atoms with E-state index in [0.717, 1.165) is 21.9 Å². The van der Waals surface area contributed by atoms with Crippen LogP contribution in [-0.2, 0) is 10.0 Å². The van der Waals surface area contributed by atoms with E-state index in [-0.39, 0.29) is 4.90 Å². The lowest BCUT2D eigenvalue weighted by Crippen LogP contribution is -2.27. The first-order chi connectivity index (χ1) is 11.9. The number of rotatable bonds is 5. The zero-order valence-corrected chi connectivity index (χ0v) is 15.3. The maximum Gasteiger partial charge on any atom is 0.241 e. The van der Waals surface area contributed by atoms with Gasteiger partial charge in [-0.05, 0) is 42.8 Å². The molecule has 1 atom stereocenters. The van der Waals surface area contributed by atoms with Crippen LogP contribution < -0.4 is 9.46 Å². The fraction of sp³-hybridized carbons (Fsp3) is 0.200. The average Bonchev–Trinajstić information content (AvgIpc) is 2.60. The number of ether oxygens (including phenoxy) is 1. The average molecular weight is 355 g/mol. The summed E-state index contributed by atoms with van der Waals surface area (Å²) in [5.74, 6) is 0.666. The maximum absolute atomic E-state index is 12.8. The van der Waals surface area contributed by atoms with Crippen molar-refractivity contribution in [3.05, 3.63) is 71.8 Å². The molecule has 4 nitrogen and oxygen atoms in total. The van der Waals surface area contributed by atoms with Crippen molar-refractivity contribution in [2.24, 2.45) is 0 Å². The van der Waals surface area contributed by atoms with Crippen molar-refractivity contribution < 1.29 is 13.2 Å². The predicted octanol–water partition coefficient (Wildman–Crippen LogP) is 4.20. The Morgan fingerprint density at radius 1 is 0.960 bits per heavy atom. The van der Waals surface area contributed by atoms with Crippen LogP contribution in [0.3, 0.4) is 0 Å². The van der Waals surface area contributed by atoms with Gasteiger partial charge in [0.05, 0.1) is 12.0 Å². The molecule has 0 saturated carbocycles. The van der Waals surface area contributed by atoms with Crippen molar-refractivity contribution in [2.75, 3.05) is 7.11 Å². The molecule has 1 N–H and O–H groups in total. The first kappa shape index (κ1) is 17.5. The second-order valence-electron chi connectivity index (χ2n) is 6.10. The molecule has 0 bridgehead atoms. The van der Waals surface area contributed by atoms with Gasteiger partial charge in [0.2, 0.25) is 10.0 Å². The molecule has 0 aromatic heterocycles. The molecule has 0 aliphatic heterocycles. The van der Waals surface area contributed by atoms with Crippen molar-refractivity contribution in [2.45, 2.75) is 24.8 Å². The van der Waals surface area contributed by atoms with E-state index in [1.807, 2.05) is 62.4 Å². The van der Waals surface area contributed by atoms with Gasteiger partial charge in [0.25, 0.3) is 0 Å². The standard InChI is InChI=1S/C20H21NO3S/c1-14-8-11-20(24-3)19(12-14)15(2)21-25(22,23)18-10-9-16-6-4-5-7-17(16)13-18/h4-13,15,21H,1-3H3/t15-/m0/s1. The van der Waals surface area contributed by atoms with Crippen LogP contribution in [0.1, 0.15) is 24.1 Å². The molecular formula is C20H21NO3S. The lowest BCUT2D eigenvalue weighted by Gasteiger charge is -2.18. The van der Waals surface area contributed by atoms with Crippen LogP contribution >= 0.6 is 0 Å². The van der Waals surface area contributed by atoms with E-state index in [0.29, 0.717) is 5.75 Å². The number of benzene rings is 3. The van der Waals surface area contributed by atoms with Gasteiger partial charge in [-0.15, -0.1) is 0 Å². The molecule has 3 aromatic rings. The van der Waals surface area contributed by atoms with Crippen molar-refractivity contribution in [3.63, 3.8) is 0 Å². The highest BCUT2D eigenvalue weighted by Gasteiger charge is 2.21. The summed E-state index contributed by atoms with van der Waals surface area (Å²) < 4.78 is 33.7. The molecule has 0 aliphatic carbocycles. The van der Waals surface area contributed by atoms with E-state index in [1.54, 1.807) is 19.2 Å². The van der Waals surface area contributed by atoms with Crippen LogP contribution in [0.2, 0.25) is 0 Å². The lowest BCUT2D eigenvalue weighted by atomic mass is 10.1. The van der Waals surface area contributed by atoms with Crippen LogP contribution in [-0.4, -0.2) is 15.5 Å². The van der Waals surface area contributed by atoms with Gasteiger partial charge >= 0.3 is 0 Å². The third kappa shape index (κ3) is 3.67. The first-order valence-corrected chi connectivity index (χ1v) is 9.55. The van der Waals surface area contributed by atoms with Crippen molar-refractivity contribution >= 4 is 20.8 Å². The van der Waals surface area contributed by atoms with Crippen LogP contribution in [0.25, 0.3) is 10.8 Å². The Bertz CT molecular complexity index is 1010. The minimum Gasteiger partial charge on any atom is -0.496 e. The van der Waals surface area contributed by atoms with E-state index < -0.39 is 16.1 Å². The Morgan fingerprint density at radius 3 is 2.40 bits per heavy atom. The molecule has 0 amide bonds. The quantitative estimate of drug-likeness (QED) is 0.746. The largest absolute Gasteiger partial charge is 0.496 e. The molecule has 0 radical (unpaired) electrons. The first-order valence-electron chi connectivity index (χ1n) is 8.06. The molecule has 0 unspecified atom stereocenters. The highest BCUT2D eigenvalue weighted by atomic mass is 32.2. The fourth-order valence-electron chi connectivity index (χ4n) is 2.89. The van der Waals surface area contributed by atoms with Crippen LogP contribution in [0.15, 0.2) is 65.6 Å². The zero-order valence-electron chi connectivity index (χ0n) is 14.5. The molecular weight excluding hydrogens is 334 g/mol. The van der Waals surface area contributed by atoms with E-state index >= 15 is 0 Å². The summed E-state index contributed by atoms with van der Waals surface area (Å²) in [6.07, 6.45) is 0. The second-order valence-corrected chi connectivity index (χ2v) is 7.81. The topological polar surface area (TPSA) is 55.4 Å². The third-order valence-electron chi connectivity index (χ3n) is 4.21. The third-order valence-corrected chi connectivity index (χ3v) is 5.75. The number of nitrogens with one attached hydrogen (secondary N) is 1. The van der Waals surface area contributed by atoms with Gasteiger partial charge in [-0.3, -0.25) is 0 Å². The van der Waals surface area contributed by atoms with E-state index in [2.05, 4.69) is 4.72 Å². The van der Waals surface area contributed by atoms with Gasteiger partial charge in [-0.2, -0.15) is 0 Å². The Morgan fingerprint density at radius 2 is 1.68 bits per heavy atom. The molecule has 3 aromatic carbocycles. The van der Waals surface area contributed by atoms with Crippen molar-refractivity contribution in [1.29, 1.82) is 0 Å². The van der Waals surface area contributed by atoms with E-state index in [1.165, 1.54) is 0 Å². The maximum atomic E-state index is 12.8. The van der Waals surface area contributed by atoms with Gasteiger partial charge < -0.3 is 4.74 Å². The van der Waals surface area contributed by atoms with Gasteiger partial charge in [0, 0.05) is 11.6 Å². The van der Waals surface area contributed by atoms with E-state index in [4.69, 9.17) is 4.74 Å². The predicted molar refractivity (Wildman–Crippen MR) is 100 cm³/mol. The summed E-state index contributed by atoms with van der Waals surface area (Å²) in [4.78, 5) is 0.254. The smallest absolute Gasteiger partial charge is 0.241 e. The number of hydrogen-bond acceptors (Lipinski definition) is 3. The SMILES string of the molecule is COc1ccc(C)cc1[C@H](C)NS(=O)(=O)c1ccc2ccccc2c1. The molecule has 130 valence electrons. The minimum absolute atomic E-state index is 0.254. The van der Waals surface area contributed by atoms with Crippen LogP contribution in [0, 0.1) is 6.92 Å². The Labute approximate surface area is 148 Å². The van der Waals surface area contributed by atoms with Gasteiger partial charge in [-0.1, -0.05) is 48.0 Å². The molecule has 0 spiro atoms. The number of sulfonamides is 1. The molecule has 0 saturated heterocycles. The zero-order chi connectivity index (χ0) is 18.0. The number of aryl methyl sites for hydroxylation is 1. The summed E-state index contributed by atoms with van der Waals surface area (Å²) in [5, 5.41) is 1.90. The Kier molecular flexibility index (Phi) is 4.79. The van der Waals surface area contributed by atoms with Gasteiger partial charge in [0.15, 0.2) is 0 Å². The monoisotopic (exact) mass is 355 g/mol. The van der Waals surface area contributed by atoms with Gasteiger partial charge in [-0.25, -0.2) is 13.1 Å². The van der Waals surface area contributed by atoms with Crippen LogP contribution in [0.4, 0.5) is 0 Å². The molecule has 0 heterocycles. The van der Waals surface area contributed by atoms with E-state index in [9.17, 15) is 8.42 Å². The minimum atomic E-state index is -3.64. The molecule has 5 heteroatoms. The molecule has 0 fully saturated rings. The number of fused-ring (bicyclic) bond motifs is 1. The Balaban J connectivity index is 1.93. The summed E-state index contributed by atoms with van der Waals surface area (Å²) >= 11 is 0. The normalized spacial score (nSPS) is 12.9.